The predicted octanol–water partition coefficient (Wildman–Crippen LogP) is 1.80. The first-order valence-corrected chi connectivity index (χ1v) is 6.62. The first-order chi connectivity index (χ1) is 10.9. The van der Waals surface area contributed by atoms with Crippen molar-refractivity contribution in [2.75, 3.05) is 19.0 Å². The highest BCUT2D eigenvalue weighted by Crippen LogP contribution is 2.30. The zero-order chi connectivity index (χ0) is 17.0. The van der Waals surface area contributed by atoms with Crippen molar-refractivity contribution in [2.45, 2.75) is 12.3 Å². The molecule has 23 heavy (non-hydrogen) atoms. The van der Waals surface area contributed by atoms with Gasteiger partial charge in [0.2, 0.25) is 0 Å². The summed E-state index contributed by atoms with van der Waals surface area (Å²) in [5.74, 6) is -0.433. The number of methoxy groups -OCH3 is 1. The Morgan fingerprint density at radius 2 is 2.00 bits per heavy atom. The number of carbonyl (C=O) groups excluding carboxylic acids is 1. The van der Waals surface area contributed by atoms with Crippen molar-refractivity contribution in [3.63, 3.8) is 0 Å². The first kappa shape index (κ1) is 17.0. The average Bonchev–Trinajstić information content (AvgIpc) is 2.99. The summed E-state index contributed by atoms with van der Waals surface area (Å²) in [4.78, 5) is 11.8. The van der Waals surface area contributed by atoms with Gasteiger partial charge in [0.05, 0.1) is 11.9 Å². The highest BCUT2D eigenvalue weighted by atomic mass is 19.4. The predicted molar refractivity (Wildman–Crippen MR) is 77.0 cm³/mol. The third-order valence-electron chi connectivity index (χ3n) is 3.10. The van der Waals surface area contributed by atoms with Gasteiger partial charge in [-0.05, 0) is 30.3 Å². The maximum Gasteiger partial charge on any atom is 0.433 e. The molecule has 1 unspecified atom stereocenters. The molecule has 6 nitrogen and oxygen atoms in total. The summed E-state index contributed by atoms with van der Waals surface area (Å²) < 4.78 is 44.2. The van der Waals surface area contributed by atoms with Crippen LogP contribution in [0.5, 0.6) is 0 Å². The molecule has 3 N–H and O–H groups in total. The zero-order valence-electron chi connectivity index (χ0n) is 12.2. The molecule has 1 amide bonds. The number of ether oxygens (including phenoxy) is 1. The van der Waals surface area contributed by atoms with Crippen LogP contribution in [0.4, 0.5) is 18.9 Å². The lowest BCUT2D eigenvalue weighted by Gasteiger charge is -2.14. The topological polar surface area (TPSA) is 82.2 Å². The van der Waals surface area contributed by atoms with Crippen LogP contribution in [0.15, 0.2) is 36.5 Å². The van der Waals surface area contributed by atoms with Gasteiger partial charge in [-0.2, -0.15) is 18.3 Å². The Hall–Kier alpha value is -2.39. The van der Waals surface area contributed by atoms with E-state index in [2.05, 4.69) is 10.4 Å². The van der Waals surface area contributed by atoms with Gasteiger partial charge in [0.25, 0.3) is 5.91 Å². The number of hydrogen-bond donors (Lipinski definition) is 2. The molecule has 0 aliphatic carbocycles. The van der Waals surface area contributed by atoms with Crippen LogP contribution in [0.3, 0.4) is 0 Å². The quantitative estimate of drug-likeness (QED) is 0.877. The van der Waals surface area contributed by atoms with Crippen LogP contribution in [-0.2, 0) is 15.7 Å². The Balaban J connectivity index is 2.18. The SMILES string of the molecule is COC(CN)C(=O)Nc1ccc(-n2nccc2C(F)(F)F)cc1. The Bertz CT molecular complexity index is 663. The minimum atomic E-state index is -4.50. The van der Waals surface area contributed by atoms with Gasteiger partial charge in [-0.15, -0.1) is 0 Å². The summed E-state index contributed by atoms with van der Waals surface area (Å²) in [6.45, 7) is 0.0165. The maximum absolute atomic E-state index is 12.8. The Kier molecular flexibility index (Phi) is 5.02. The van der Waals surface area contributed by atoms with Crippen molar-refractivity contribution in [1.82, 2.24) is 9.78 Å². The van der Waals surface area contributed by atoms with E-state index in [1.807, 2.05) is 0 Å². The number of halogens is 3. The Morgan fingerprint density at radius 3 is 2.52 bits per heavy atom. The summed E-state index contributed by atoms with van der Waals surface area (Å²) in [7, 11) is 1.36. The van der Waals surface area contributed by atoms with Gasteiger partial charge >= 0.3 is 6.18 Å². The number of nitrogens with one attached hydrogen (secondary N) is 1. The van der Waals surface area contributed by atoms with E-state index in [1.165, 1.54) is 31.4 Å². The lowest BCUT2D eigenvalue weighted by atomic mass is 10.2. The highest BCUT2D eigenvalue weighted by molar-refractivity contribution is 5.94. The number of rotatable bonds is 5. The molecule has 0 saturated heterocycles. The van der Waals surface area contributed by atoms with Crippen LogP contribution in [0.1, 0.15) is 5.69 Å². The number of benzene rings is 1. The van der Waals surface area contributed by atoms with Crippen LogP contribution in [0.2, 0.25) is 0 Å². The fraction of sp³-hybridized carbons (Fsp3) is 0.286. The van der Waals surface area contributed by atoms with Crippen LogP contribution in [0.25, 0.3) is 5.69 Å². The molecule has 2 rings (SSSR count). The standard InChI is InChI=1S/C14H15F3N4O2/c1-23-11(8-18)13(22)20-9-2-4-10(5-3-9)21-12(6-7-19-21)14(15,16)17/h2-7,11H,8,18H2,1H3,(H,20,22). The van der Waals surface area contributed by atoms with Crippen molar-refractivity contribution >= 4 is 11.6 Å². The third-order valence-corrected chi connectivity index (χ3v) is 3.10. The van der Waals surface area contributed by atoms with Gasteiger partial charge in [-0.1, -0.05) is 0 Å². The van der Waals surface area contributed by atoms with Crippen LogP contribution in [-0.4, -0.2) is 35.4 Å². The molecule has 0 radical (unpaired) electrons. The molecule has 0 saturated carbocycles. The van der Waals surface area contributed by atoms with Crippen LogP contribution >= 0.6 is 0 Å². The van der Waals surface area contributed by atoms with Crippen molar-refractivity contribution in [2.24, 2.45) is 5.73 Å². The van der Waals surface area contributed by atoms with Gasteiger partial charge in [0.15, 0.2) is 0 Å². The average molecular weight is 328 g/mol. The largest absolute Gasteiger partial charge is 0.433 e. The molecule has 1 heterocycles. The van der Waals surface area contributed by atoms with E-state index in [1.54, 1.807) is 0 Å². The number of hydrogen-bond acceptors (Lipinski definition) is 4. The number of anilines is 1. The molecule has 0 aliphatic rings. The smallest absolute Gasteiger partial charge is 0.370 e. The molecule has 0 bridgehead atoms. The maximum atomic E-state index is 12.8. The molecule has 124 valence electrons. The van der Waals surface area contributed by atoms with Gasteiger partial charge in [0, 0.05) is 19.3 Å². The van der Waals surface area contributed by atoms with Crippen LogP contribution < -0.4 is 11.1 Å². The molecule has 2 aromatic rings. The van der Waals surface area contributed by atoms with Crippen molar-refractivity contribution in [3.05, 3.63) is 42.2 Å². The summed E-state index contributed by atoms with van der Waals surface area (Å²) in [5, 5.41) is 6.24. The number of carbonyl (C=O) groups is 1. The molecule has 0 aliphatic heterocycles. The second-order valence-corrected chi connectivity index (χ2v) is 4.62. The first-order valence-electron chi connectivity index (χ1n) is 6.62. The monoisotopic (exact) mass is 328 g/mol. The molecule has 1 atom stereocenters. The Labute approximate surface area is 130 Å². The minimum absolute atomic E-state index is 0.0165. The summed E-state index contributed by atoms with van der Waals surface area (Å²) in [6.07, 6.45) is -4.23. The number of nitrogens with zero attached hydrogens (tertiary/aromatic N) is 2. The fourth-order valence-electron chi connectivity index (χ4n) is 1.94. The zero-order valence-corrected chi connectivity index (χ0v) is 12.2. The molecule has 1 aromatic carbocycles. The van der Waals surface area contributed by atoms with E-state index in [0.717, 1.165) is 16.9 Å². The molecule has 9 heteroatoms. The number of amides is 1. The van der Waals surface area contributed by atoms with E-state index in [-0.39, 0.29) is 12.2 Å². The van der Waals surface area contributed by atoms with Crippen molar-refractivity contribution < 1.29 is 22.7 Å². The highest BCUT2D eigenvalue weighted by Gasteiger charge is 2.35. The molecular weight excluding hydrogens is 313 g/mol. The van der Waals surface area contributed by atoms with E-state index < -0.39 is 23.9 Å². The fourth-order valence-corrected chi connectivity index (χ4v) is 1.94. The van der Waals surface area contributed by atoms with E-state index in [4.69, 9.17) is 10.5 Å². The van der Waals surface area contributed by atoms with Crippen molar-refractivity contribution in [3.8, 4) is 5.69 Å². The molecular formula is C14H15F3N4O2. The van der Waals surface area contributed by atoms with E-state index >= 15 is 0 Å². The third kappa shape index (κ3) is 3.88. The van der Waals surface area contributed by atoms with Gasteiger partial charge in [-0.3, -0.25) is 4.79 Å². The summed E-state index contributed by atoms with van der Waals surface area (Å²) in [5.41, 5.74) is 5.14. The lowest BCUT2D eigenvalue weighted by molar-refractivity contribution is -0.142. The van der Waals surface area contributed by atoms with E-state index in [9.17, 15) is 18.0 Å². The molecule has 0 spiro atoms. The second-order valence-electron chi connectivity index (χ2n) is 4.62. The Morgan fingerprint density at radius 1 is 1.35 bits per heavy atom. The summed E-state index contributed by atoms with van der Waals surface area (Å²) >= 11 is 0. The van der Waals surface area contributed by atoms with Gasteiger partial charge in [-0.25, -0.2) is 4.68 Å². The van der Waals surface area contributed by atoms with Gasteiger partial charge < -0.3 is 15.8 Å². The number of nitrogens with two attached hydrogens (primary N) is 1. The van der Waals surface area contributed by atoms with E-state index in [0.29, 0.717) is 5.69 Å². The molecule has 1 aromatic heterocycles. The second kappa shape index (κ2) is 6.80. The number of aromatic nitrogens is 2. The summed E-state index contributed by atoms with van der Waals surface area (Å²) in [6, 6.07) is 6.67. The van der Waals surface area contributed by atoms with Gasteiger partial charge in [0.1, 0.15) is 11.8 Å². The minimum Gasteiger partial charge on any atom is -0.370 e. The number of alkyl halides is 3. The van der Waals surface area contributed by atoms with Crippen LogP contribution in [0, 0.1) is 0 Å². The van der Waals surface area contributed by atoms with Crippen molar-refractivity contribution in [1.29, 1.82) is 0 Å². The normalized spacial score (nSPS) is 12.9. The molecule has 0 fully saturated rings. The lowest BCUT2D eigenvalue weighted by Crippen LogP contribution is -2.35.